The lowest BCUT2D eigenvalue weighted by atomic mass is 9.97. The lowest BCUT2D eigenvalue weighted by Gasteiger charge is -2.31. The number of aromatic amines is 1. The number of nitrogens with zero attached hydrogens (tertiary/aromatic N) is 4. The fourth-order valence-corrected chi connectivity index (χ4v) is 2.76. The number of carbonyl (C=O) groups is 1. The second kappa shape index (κ2) is 5.67. The van der Waals surface area contributed by atoms with Crippen LogP contribution in [0.25, 0.3) is 11.0 Å². The lowest BCUT2D eigenvalue weighted by Crippen LogP contribution is -2.37. The van der Waals surface area contributed by atoms with Crippen LogP contribution in [0.5, 0.6) is 0 Å². The summed E-state index contributed by atoms with van der Waals surface area (Å²) >= 11 is 0. The summed E-state index contributed by atoms with van der Waals surface area (Å²) in [5.41, 5.74) is 2.59. The summed E-state index contributed by atoms with van der Waals surface area (Å²) in [5.74, 6) is 0.756. The van der Waals surface area contributed by atoms with E-state index < -0.39 is 0 Å². The smallest absolute Gasteiger partial charge is 0.309 e. The molecule has 3 heterocycles. The van der Waals surface area contributed by atoms with E-state index in [2.05, 4.69) is 25.1 Å². The molecule has 1 aliphatic heterocycles. The molecule has 0 aliphatic carbocycles. The number of fused-ring (bicyclic) bond motifs is 1. The SMILES string of the molecule is CCOC(=O)C1CCN(c2ncnc3c(C)[nH]nc23)CC1. The number of carbonyl (C=O) groups excluding carboxylic acids is 1. The summed E-state index contributed by atoms with van der Waals surface area (Å²) in [4.78, 5) is 22.6. The summed E-state index contributed by atoms with van der Waals surface area (Å²) in [6, 6.07) is 0. The third-order valence-corrected chi connectivity index (χ3v) is 3.91. The molecule has 1 fully saturated rings. The highest BCUT2D eigenvalue weighted by Crippen LogP contribution is 2.27. The monoisotopic (exact) mass is 289 g/mol. The van der Waals surface area contributed by atoms with Gasteiger partial charge in [0, 0.05) is 13.1 Å². The van der Waals surface area contributed by atoms with Crippen molar-refractivity contribution in [3.8, 4) is 0 Å². The number of anilines is 1. The molecule has 0 unspecified atom stereocenters. The molecule has 0 radical (unpaired) electrons. The first-order valence-electron chi connectivity index (χ1n) is 7.28. The number of ether oxygens (including phenoxy) is 1. The van der Waals surface area contributed by atoms with E-state index in [1.807, 2.05) is 13.8 Å². The number of piperidine rings is 1. The van der Waals surface area contributed by atoms with Gasteiger partial charge in [-0.05, 0) is 26.7 Å². The molecule has 0 saturated carbocycles. The van der Waals surface area contributed by atoms with E-state index in [9.17, 15) is 4.79 Å². The summed E-state index contributed by atoms with van der Waals surface area (Å²) in [5, 5.41) is 7.24. The Morgan fingerprint density at radius 3 is 2.86 bits per heavy atom. The van der Waals surface area contributed by atoms with Gasteiger partial charge in [-0.25, -0.2) is 9.97 Å². The average molecular weight is 289 g/mol. The Labute approximate surface area is 122 Å². The standard InChI is InChI=1S/C14H19N5O2/c1-3-21-14(20)10-4-6-19(7-5-10)13-12-11(15-8-16-13)9(2)17-18-12/h8,10H,3-7H2,1-2H3,(H,17,18). The summed E-state index contributed by atoms with van der Waals surface area (Å²) in [6.07, 6.45) is 3.14. The molecule has 1 saturated heterocycles. The zero-order valence-electron chi connectivity index (χ0n) is 12.3. The number of nitrogens with one attached hydrogen (secondary N) is 1. The van der Waals surface area contributed by atoms with Gasteiger partial charge in [0.1, 0.15) is 11.8 Å². The van der Waals surface area contributed by atoms with Gasteiger partial charge in [-0.1, -0.05) is 0 Å². The lowest BCUT2D eigenvalue weighted by molar-refractivity contribution is -0.148. The summed E-state index contributed by atoms with van der Waals surface area (Å²) in [7, 11) is 0. The minimum Gasteiger partial charge on any atom is -0.466 e. The Morgan fingerprint density at radius 2 is 2.14 bits per heavy atom. The highest BCUT2D eigenvalue weighted by Gasteiger charge is 2.27. The van der Waals surface area contributed by atoms with Crippen molar-refractivity contribution < 1.29 is 9.53 Å². The van der Waals surface area contributed by atoms with Crippen LogP contribution in [-0.2, 0) is 9.53 Å². The zero-order valence-corrected chi connectivity index (χ0v) is 12.3. The first-order chi connectivity index (χ1) is 10.2. The van der Waals surface area contributed by atoms with Crippen molar-refractivity contribution in [1.82, 2.24) is 20.2 Å². The highest BCUT2D eigenvalue weighted by molar-refractivity contribution is 5.87. The molecule has 1 aliphatic rings. The molecule has 7 nitrogen and oxygen atoms in total. The van der Waals surface area contributed by atoms with Gasteiger partial charge in [0.2, 0.25) is 0 Å². The molecule has 0 aromatic carbocycles. The second-order valence-electron chi connectivity index (χ2n) is 5.26. The molecular weight excluding hydrogens is 270 g/mol. The third kappa shape index (κ3) is 2.55. The van der Waals surface area contributed by atoms with E-state index in [-0.39, 0.29) is 11.9 Å². The van der Waals surface area contributed by atoms with Crippen LogP contribution in [0.1, 0.15) is 25.5 Å². The van der Waals surface area contributed by atoms with Crippen LogP contribution in [0.3, 0.4) is 0 Å². The Balaban J connectivity index is 1.75. The average Bonchev–Trinajstić information content (AvgIpc) is 2.89. The van der Waals surface area contributed by atoms with Gasteiger partial charge in [-0.2, -0.15) is 5.10 Å². The molecule has 7 heteroatoms. The van der Waals surface area contributed by atoms with E-state index in [4.69, 9.17) is 4.74 Å². The van der Waals surface area contributed by atoms with E-state index in [0.29, 0.717) is 6.61 Å². The summed E-state index contributed by atoms with van der Waals surface area (Å²) < 4.78 is 5.10. The zero-order chi connectivity index (χ0) is 14.8. The van der Waals surface area contributed by atoms with Crippen LogP contribution in [0.15, 0.2) is 6.33 Å². The van der Waals surface area contributed by atoms with Crippen LogP contribution >= 0.6 is 0 Å². The van der Waals surface area contributed by atoms with Crippen molar-refractivity contribution in [3.63, 3.8) is 0 Å². The van der Waals surface area contributed by atoms with E-state index in [1.165, 1.54) is 0 Å². The van der Waals surface area contributed by atoms with Gasteiger partial charge in [-0.15, -0.1) is 0 Å². The number of aryl methyl sites for hydroxylation is 1. The maximum atomic E-state index is 11.8. The van der Waals surface area contributed by atoms with Gasteiger partial charge in [0.05, 0.1) is 18.2 Å². The van der Waals surface area contributed by atoms with Crippen molar-refractivity contribution in [3.05, 3.63) is 12.0 Å². The second-order valence-corrected chi connectivity index (χ2v) is 5.26. The number of hydrogen-bond donors (Lipinski definition) is 1. The van der Waals surface area contributed by atoms with E-state index in [1.54, 1.807) is 6.33 Å². The predicted octanol–water partition coefficient (Wildman–Crippen LogP) is 1.44. The Morgan fingerprint density at radius 1 is 1.38 bits per heavy atom. The number of H-pyrrole nitrogens is 1. The number of esters is 1. The summed E-state index contributed by atoms with van der Waals surface area (Å²) in [6.45, 7) is 5.78. The topological polar surface area (TPSA) is 84.0 Å². The van der Waals surface area contributed by atoms with Crippen molar-refractivity contribution in [2.75, 3.05) is 24.6 Å². The number of aromatic nitrogens is 4. The molecule has 2 aromatic rings. The van der Waals surface area contributed by atoms with Gasteiger partial charge in [0.15, 0.2) is 11.3 Å². The predicted molar refractivity (Wildman–Crippen MR) is 78.0 cm³/mol. The molecule has 0 spiro atoms. The maximum absolute atomic E-state index is 11.8. The minimum absolute atomic E-state index is 0.000511. The van der Waals surface area contributed by atoms with Crippen LogP contribution < -0.4 is 4.90 Å². The highest BCUT2D eigenvalue weighted by atomic mass is 16.5. The maximum Gasteiger partial charge on any atom is 0.309 e. The molecule has 0 amide bonds. The Bertz CT molecular complexity index is 646. The largest absolute Gasteiger partial charge is 0.466 e. The molecule has 0 bridgehead atoms. The van der Waals surface area contributed by atoms with Gasteiger partial charge in [-0.3, -0.25) is 9.89 Å². The normalized spacial score (nSPS) is 16.4. The molecule has 3 rings (SSSR count). The Kier molecular flexibility index (Phi) is 3.72. The van der Waals surface area contributed by atoms with Gasteiger partial charge >= 0.3 is 5.97 Å². The van der Waals surface area contributed by atoms with E-state index >= 15 is 0 Å². The Hall–Kier alpha value is -2.18. The molecule has 0 atom stereocenters. The first kappa shape index (κ1) is 13.8. The van der Waals surface area contributed by atoms with Crippen molar-refractivity contribution in [2.45, 2.75) is 26.7 Å². The van der Waals surface area contributed by atoms with Gasteiger partial charge in [0.25, 0.3) is 0 Å². The molecule has 2 aromatic heterocycles. The minimum atomic E-state index is -0.0828. The van der Waals surface area contributed by atoms with Gasteiger partial charge < -0.3 is 9.64 Å². The van der Waals surface area contributed by atoms with Crippen LogP contribution in [0.2, 0.25) is 0 Å². The van der Waals surface area contributed by atoms with Crippen molar-refractivity contribution in [2.24, 2.45) is 5.92 Å². The molecule has 21 heavy (non-hydrogen) atoms. The molecule has 112 valence electrons. The van der Waals surface area contributed by atoms with Crippen LogP contribution in [0, 0.1) is 12.8 Å². The van der Waals surface area contributed by atoms with Crippen LogP contribution in [-0.4, -0.2) is 45.8 Å². The molecular formula is C14H19N5O2. The van der Waals surface area contributed by atoms with E-state index in [0.717, 1.165) is 48.5 Å². The van der Waals surface area contributed by atoms with Crippen molar-refractivity contribution in [1.29, 1.82) is 0 Å². The molecule has 1 N–H and O–H groups in total. The number of hydrogen-bond acceptors (Lipinski definition) is 6. The fraction of sp³-hybridized carbons (Fsp3) is 0.571. The van der Waals surface area contributed by atoms with Crippen molar-refractivity contribution >= 4 is 22.8 Å². The third-order valence-electron chi connectivity index (χ3n) is 3.91. The first-order valence-corrected chi connectivity index (χ1v) is 7.28. The fourth-order valence-electron chi connectivity index (χ4n) is 2.76. The van der Waals surface area contributed by atoms with Crippen LogP contribution in [0.4, 0.5) is 5.82 Å². The number of rotatable bonds is 3. The quantitative estimate of drug-likeness (QED) is 0.861.